The number of hydrogen-bond acceptors (Lipinski definition) is 7. The number of benzene rings is 3. The molecule has 0 unspecified atom stereocenters. The van der Waals surface area contributed by atoms with E-state index in [4.69, 9.17) is 0 Å². The summed E-state index contributed by atoms with van der Waals surface area (Å²) in [7, 11) is -3.93. The lowest BCUT2D eigenvalue weighted by molar-refractivity contribution is -0.129. The van der Waals surface area contributed by atoms with Gasteiger partial charge in [0.2, 0.25) is 11.8 Å². The number of anilines is 1. The van der Waals surface area contributed by atoms with E-state index in [1.165, 1.54) is 30.3 Å². The Morgan fingerprint density at radius 2 is 1.52 bits per heavy atom. The molecule has 280 valence electrons. The summed E-state index contributed by atoms with van der Waals surface area (Å²) in [5.74, 6) is -2.19. The molecule has 15 heteroatoms. The second-order valence-electron chi connectivity index (χ2n) is 12.7. The van der Waals surface area contributed by atoms with Gasteiger partial charge < -0.3 is 26.6 Å². The smallest absolute Gasteiger partial charge is 0.301 e. The van der Waals surface area contributed by atoms with Crippen LogP contribution < -0.4 is 35.6 Å². The van der Waals surface area contributed by atoms with Crippen LogP contribution in [-0.2, 0) is 26.2 Å². The fourth-order valence-corrected chi connectivity index (χ4v) is 7.03. The van der Waals surface area contributed by atoms with Crippen molar-refractivity contribution in [3.8, 4) is 0 Å². The molecule has 4 rings (SSSR count). The summed E-state index contributed by atoms with van der Waals surface area (Å²) in [4.78, 5) is 52.9. The molecular weight excluding hydrogens is 690 g/mol. The van der Waals surface area contributed by atoms with Gasteiger partial charge in [-0.05, 0) is 81.5 Å². The summed E-state index contributed by atoms with van der Waals surface area (Å²) in [5.41, 5.74) is 1.82. The molecule has 4 atom stereocenters. The van der Waals surface area contributed by atoms with Crippen molar-refractivity contribution < 1.29 is 32.0 Å². The predicted molar refractivity (Wildman–Crippen MR) is 197 cm³/mol. The quantitative estimate of drug-likeness (QED) is 0.131. The number of nitrogens with zero attached hydrogens (tertiary/aromatic N) is 1. The second kappa shape index (κ2) is 18.6. The lowest BCUT2D eigenvalue weighted by Crippen LogP contribution is -2.53. The zero-order chi connectivity index (χ0) is 37.8. The molecule has 1 aliphatic rings. The van der Waals surface area contributed by atoms with E-state index in [1.54, 1.807) is 39.8 Å². The van der Waals surface area contributed by atoms with Gasteiger partial charge in [-0.15, -0.1) is 0 Å². The fraction of sp³-hybridized carbons (Fsp3) is 0.405. The monoisotopic (exact) mass is 737 g/mol. The molecule has 1 saturated heterocycles. The normalized spacial score (nSPS) is 16.1. The van der Waals surface area contributed by atoms with Gasteiger partial charge in [-0.25, -0.2) is 4.39 Å². The van der Waals surface area contributed by atoms with Gasteiger partial charge in [0.15, 0.2) is 0 Å². The number of rotatable bonds is 16. The molecule has 1 fully saturated rings. The third kappa shape index (κ3) is 11.1. The van der Waals surface area contributed by atoms with E-state index in [0.717, 1.165) is 9.87 Å². The Morgan fingerprint density at radius 3 is 2.13 bits per heavy atom. The van der Waals surface area contributed by atoms with Gasteiger partial charge in [0, 0.05) is 43.3 Å². The molecule has 3 aromatic rings. The zero-order valence-electron chi connectivity index (χ0n) is 29.9. The summed E-state index contributed by atoms with van der Waals surface area (Å²) >= 11 is 0. The first-order valence-corrected chi connectivity index (χ1v) is 18.9. The number of likely N-dealkylation sites (N-methyl/N-ethyl adjacent to an activating group) is 1. The van der Waals surface area contributed by atoms with Crippen LogP contribution in [-0.4, -0.2) is 76.4 Å². The molecule has 3 aromatic carbocycles. The second-order valence-corrected chi connectivity index (χ2v) is 14.4. The Labute approximate surface area is 304 Å². The van der Waals surface area contributed by atoms with Crippen molar-refractivity contribution in [2.45, 2.75) is 71.1 Å². The van der Waals surface area contributed by atoms with Crippen LogP contribution in [0.4, 0.5) is 10.1 Å². The Hall–Kier alpha value is -4.86. The van der Waals surface area contributed by atoms with Crippen molar-refractivity contribution in [2.24, 2.45) is 0 Å². The van der Waals surface area contributed by atoms with E-state index in [1.807, 2.05) is 30.3 Å². The lowest BCUT2D eigenvalue weighted by Gasteiger charge is -2.29. The SMILES string of the molecule is CCNC(=O)[C@H](CC)NC(=O)[C@H](C)NC[C@H](Cc1ccccc1)NC(=O)c1cc(C(=O)N[C@H](C)c2ccc(F)cc2)cc(N2CCCNS2(=O)=O)c1. The molecule has 1 aliphatic heterocycles. The molecule has 1 heterocycles. The maximum Gasteiger partial charge on any atom is 0.301 e. The predicted octanol–water partition coefficient (Wildman–Crippen LogP) is 2.71. The highest BCUT2D eigenvalue weighted by atomic mass is 32.2. The highest BCUT2D eigenvalue weighted by Crippen LogP contribution is 2.25. The van der Waals surface area contributed by atoms with Crippen LogP contribution in [0.2, 0.25) is 0 Å². The van der Waals surface area contributed by atoms with Crippen LogP contribution in [0, 0.1) is 5.82 Å². The first kappa shape index (κ1) is 39.9. The molecule has 0 aromatic heterocycles. The number of carbonyl (C=O) groups excluding carboxylic acids is 4. The molecule has 6 N–H and O–H groups in total. The van der Waals surface area contributed by atoms with Crippen molar-refractivity contribution in [1.29, 1.82) is 0 Å². The lowest BCUT2D eigenvalue weighted by atomic mass is 10.0. The van der Waals surface area contributed by atoms with Crippen LogP contribution in [0.5, 0.6) is 0 Å². The van der Waals surface area contributed by atoms with Gasteiger partial charge in [0.05, 0.1) is 17.8 Å². The summed E-state index contributed by atoms with van der Waals surface area (Å²) < 4.78 is 43.1. The van der Waals surface area contributed by atoms with E-state index >= 15 is 0 Å². The van der Waals surface area contributed by atoms with Gasteiger partial charge in [-0.1, -0.05) is 49.4 Å². The number of hydrogen-bond donors (Lipinski definition) is 6. The molecule has 13 nitrogen and oxygen atoms in total. The van der Waals surface area contributed by atoms with Gasteiger partial charge in [-0.2, -0.15) is 13.1 Å². The van der Waals surface area contributed by atoms with E-state index in [-0.39, 0.29) is 48.3 Å². The van der Waals surface area contributed by atoms with Crippen LogP contribution in [0.3, 0.4) is 0 Å². The minimum atomic E-state index is -3.93. The van der Waals surface area contributed by atoms with Crippen molar-refractivity contribution in [2.75, 3.05) is 30.5 Å². The topological polar surface area (TPSA) is 178 Å². The number of carbonyl (C=O) groups is 4. The molecule has 0 aliphatic carbocycles. The van der Waals surface area contributed by atoms with Crippen molar-refractivity contribution >= 4 is 39.5 Å². The van der Waals surface area contributed by atoms with Crippen molar-refractivity contribution in [3.05, 3.63) is 101 Å². The molecule has 52 heavy (non-hydrogen) atoms. The maximum absolute atomic E-state index is 14.0. The van der Waals surface area contributed by atoms with Crippen molar-refractivity contribution in [3.63, 3.8) is 0 Å². The largest absolute Gasteiger partial charge is 0.355 e. The Kier molecular flexibility index (Phi) is 14.3. The average Bonchev–Trinajstić information content (AvgIpc) is 3.12. The Morgan fingerprint density at radius 1 is 0.865 bits per heavy atom. The summed E-state index contributed by atoms with van der Waals surface area (Å²) in [5, 5.41) is 14.5. The first-order chi connectivity index (χ1) is 24.8. The molecular formula is C37H48FN7O6S. The van der Waals surface area contributed by atoms with Crippen LogP contribution >= 0.6 is 0 Å². The summed E-state index contributed by atoms with van der Waals surface area (Å²) in [6, 6.07) is 16.9. The van der Waals surface area contributed by atoms with E-state index < -0.39 is 52.0 Å². The van der Waals surface area contributed by atoms with Gasteiger partial charge in [0.1, 0.15) is 11.9 Å². The van der Waals surface area contributed by atoms with Crippen molar-refractivity contribution in [1.82, 2.24) is 31.3 Å². The Balaban J connectivity index is 1.58. The summed E-state index contributed by atoms with van der Waals surface area (Å²) in [6.45, 7) is 8.00. The molecule has 0 radical (unpaired) electrons. The van der Waals surface area contributed by atoms with Crippen LogP contribution in [0.1, 0.15) is 78.4 Å². The van der Waals surface area contributed by atoms with E-state index in [0.29, 0.717) is 31.4 Å². The third-order valence-corrected chi connectivity index (χ3v) is 10.2. The number of nitrogens with one attached hydrogen (secondary N) is 6. The minimum Gasteiger partial charge on any atom is -0.355 e. The van der Waals surface area contributed by atoms with Gasteiger partial charge in [0.25, 0.3) is 11.8 Å². The zero-order valence-corrected chi connectivity index (χ0v) is 30.7. The van der Waals surface area contributed by atoms with Crippen LogP contribution in [0.25, 0.3) is 0 Å². The number of amides is 4. The molecule has 0 bridgehead atoms. The summed E-state index contributed by atoms with van der Waals surface area (Å²) in [6.07, 6.45) is 1.31. The van der Waals surface area contributed by atoms with Crippen LogP contribution in [0.15, 0.2) is 72.8 Å². The first-order valence-electron chi connectivity index (χ1n) is 17.5. The van der Waals surface area contributed by atoms with E-state index in [9.17, 15) is 32.0 Å². The van der Waals surface area contributed by atoms with E-state index in [2.05, 4.69) is 31.3 Å². The standard InChI is InChI=1S/C37H48FN7O6S/c1-5-33(37(49)39-6-2)44-34(46)25(4)40-23-31(19-26-11-8-7-9-12-26)43-36(48)29-20-28(21-32(22-29)45-18-10-17-41-52(45,50)51)35(47)42-24(3)27-13-15-30(38)16-14-27/h7-9,11-16,20-22,24-25,31,33,40-41H,5-6,10,17-19,23H2,1-4H3,(H,39,49)(H,42,47)(H,43,48)(H,44,46)/t24-,25+,31+,33+/m1/s1. The maximum atomic E-state index is 14.0. The number of halogens is 1. The highest BCUT2D eigenvalue weighted by molar-refractivity contribution is 7.90. The molecule has 0 spiro atoms. The van der Waals surface area contributed by atoms with Gasteiger partial charge >= 0.3 is 10.2 Å². The third-order valence-electron chi connectivity index (χ3n) is 8.68. The minimum absolute atomic E-state index is 0.0504. The fourth-order valence-electron chi connectivity index (χ4n) is 5.72. The van der Waals surface area contributed by atoms with Gasteiger partial charge in [-0.3, -0.25) is 23.5 Å². The average molecular weight is 738 g/mol. The highest BCUT2D eigenvalue weighted by Gasteiger charge is 2.29. The Bertz CT molecular complexity index is 1810. The molecule has 0 saturated carbocycles. The molecule has 4 amide bonds.